The lowest BCUT2D eigenvalue weighted by atomic mass is 9.75. The number of hydrogen-bond donors (Lipinski definition) is 2. The predicted octanol–water partition coefficient (Wildman–Crippen LogP) is 0.983. The fraction of sp³-hybridized carbons (Fsp3) is 1.00. The van der Waals surface area contributed by atoms with Crippen LogP contribution in [0.5, 0.6) is 0 Å². The van der Waals surface area contributed by atoms with Crippen LogP contribution in [0.2, 0.25) is 0 Å². The van der Waals surface area contributed by atoms with E-state index in [0.717, 1.165) is 19.3 Å². The zero-order valence-corrected chi connectivity index (χ0v) is 9.64. The predicted molar refractivity (Wildman–Crippen MR) is 55.2 cm³/mol. The molecule has 1 atom stereocenters. The van der Waals surface area contributed by atoms with Crippen LogP contribution in [0.3, 0.4) is 0 Å². The summed E-state index contributed by atoms with van der Waals surface area (Å²) in [5, 5.41) is 11.5. The molecule has 1 unspecified atom stereocenters. The Hall–Kier alpha value is -0.330. The van der Waals surface area contributed by atoms with E-state index in [4.69, 9.17) is 5.11 Å². The van der Waals surface area contributed by atoms with Crippen LogP contribution in [-0.4, -0.2) is 55.0 Å². The van der Waals surface area contributed by atoms with E-state index >= 15 is 0 Å². The highest BCUT2D eigenvalue weighted by Crippen LogP contribution is 2.35. The van der Waals surface area contributed by atoms with Crippen LogP contribution in [0.25, 0.3) is 0 Å². The number of nitrogens with zero attached hydrogens (tertiary/aromatic N) is 1. The minimum Gasteiger partial charge on any atom is -0.382 e. The van der Waals surface area contributed by atoms with Crippen molar-refractivity contribution in [2.45, 2.75) is 37.1 Å². The van der Waals surface area contributed by atoms with Gasteiger partial charge in [-0.25, -0.2) is 0 Å². The number of rotatable bonds is 5. The average Bonchev–Trinajstić information content (AvgIpc) is 2.06. The number of hydrogen-bond acceptors (Lipinski definition) is 3. The summed E-state index contributed by atoms with van der Waals surface area (Å²) in [5.74, 6) is 0. The molecule has 16 heavy (non-hydrogen) atoms. The van der Waals surface area contributed by atoms with Crippen LogP contribution in [0.15, 0.2) is 0 Å². The highest BCUT2D eigenvalue weighted by atomic mass is 19.4. The fourth-order valence-electron chi connectivity index (χ4n) is 1.92. The van der Waals surface area contributed by atoms with Crippen molar-refractivity contribution in [1.82, 2.24) is 10.2 Å². The van der Waals surface area contributed by atoms with Gasteiger partial charge in [0.05, 0.1) is 0 Å². The molecule has 1 aliphatic rings. The maximum atomic E-state index is 12.0. The van der Waals surface area contributed by atoms with Crippen LogP contribution in [0.1, 0.15) is 19.3 Å². The standard InChI is InChI=1S/C10H19F3N2O/c1-15(2)9(4-3-5-9)7-14-6-8(16)10(11,12)13/h8,14,16H,3-7H2,1-2H3. The van der Waals surface area contributed by atoms with Gasteiger partial charge in [-0.2, -0.15) is 13.2 Å². The lowest BCUT2D eigenvalue weighted by Gasteiger charge is -2.47. The summed E-state index contributed by atoms with van der Waals surface area (Å²) < 4.78 is 36.1. The Morgan fingerprint density at radius 3 is 2.25 bits per heavy atom. The van der Waals surface area contributed by atoms with Crippen molar-refractivity contribution < 1.29 is 18.3 Å². The first-order chi connectivity index (χ1) is 7.28. The molecule has 0 aromatic heterocycles. The van der Waals surface area contributed by atoms with Gasteiger partial charge in [-0.1, -0.05) is 0 Å². The van der Waals surface area contributed by atoms with E-state index in [1.165, 1.54) is 0 Å². The molecule has 0 aromatic carbocycles. The molecule has 0 radical (unpaired) electrons. The molecule has 0 bridgehead atoms. The Morgan fingerprint density at radius 1 is 1.38 bits per heavy atom. The van der Waals surface area contributed by atoms with Crippen molar-refractivity contribution in [3.63, 3.8) is 0 Å². The fourth-order valence-corrected chi connectivity index (χ4v) is 1.92. The molecule has 0 aromatic rings. The molecule has 0 aliphatic heterocycles. The molecule has 6 heteroatoms. The molecule has 1 fully saturated rings. The second-order valence-corrected chi connectivity index (χ2v) is 4.66. The Bertz CT molecular complexity index is 227. The number of aliphatic hydroxyl groups excluding tert-OH is 1. The summed E-state index contributed by atoms with van der Waals surface area (Å²) in [7, 11) is 3.86. The van der Waals surface area contributed by atoms with Gasteiger partial charge in [0.25, 0.3) is 0 Å². The van der Waals surface area contributed by atoms with Gasteiger partial charge in [-0.3, -0.25) is 0 Å². The summed E-state index contributed by atoms with van der Waals surface area (Å²) >= 11 is 0. The van der Waals surface area contributed by atoms with Gasteiger partial charge in [0.2, 0.25) is 0 Å². The Morgan fingerprint density at radius 2 is 1.94 bits per heavy atom. The molecule has 0 spiro atoms. The third-order valence-electron chi connectivity index (χ3n) is 3.40. The van der Waals surface area contributed by atoms with Crippen molar-refractivity contribution in [3.05, 3.63) is 0 Å². The third-order valence-corrected chi connectivity index (χ3v) is 3.40. The van der Waals surface area contributed by atoms with Crippen molar-refractivity contribution in [1.29, 1.82) is 0 Å². The molecule has 0 amide bonds. The van der Waals surface area contributed by atoms with Gasteiger partial charge in [0, 0.05) is 18.6 Å². The first kappa shape index (κ1) is 13.7. The molecule has 96 valence electrons. The van der Waals surface area contributed by atoms with Crippen molar-refractivity contribution in [2.75, 3.05) is 27.2 Å². The molecular weight excluding hydrogens is 221 g/mol. The number of likely N-dealkylation sites (N-methyl/N-ethyl adjacent to an activating group) is 1. The van der Waals surface area contributed by atoms with E-state index in [9.17, 15) is 13.2 Å². The van der Waals surface area contributed by atoms with E-state index in [2.05, 4.69) is 5.32 Å². The normalized spacial score (nSPS) is 21.9. The first-order valence-corrected chi connectivity index (χ1v) is 5.41. The van der Waals surface area contributed by atoms with E-state index in [1.54, 1.807) is 0 Å². The van der Waals surface area contributed by atoms with Crippen LogP contribution in [0, 0.1) is 0 Å². The lowest BCUT2D eigenvalue weighted by Crippen LogP contribution is -2.57. The maximum Gasteiger partial charge on any atom is 0.415 e. The zero-order chi connectivity index (χ0) is 12.4. The second kappa shape index (κ2) is 4.89. The van der Waals surface area contributed by atoms with Gasteiger partial charge in [-0.05, 0) is 33.4 Å². The number of nitrogens with one attached hydrogen (secondary N) is 1. The highest BCUT2D eigenvalue weighted by molar-refractivity contribution is 4.97. The van der Waals surface area contributed by atoms with Crippen LogP contribution in [-0.2, 0) is 0 Å². The topological polar surface area (TPSA) is 35.5 Å². The molecule has 3 nitrogen and oxygen atoms in total. The largest absolute Gasteiger partial charge is 0.415 e. The summed E-state index contributed by atoms with van der Waals surface area (Å²) in [5.41, 5.74) is -0.0225. The molecule has 0 heterocycles. The number of aliphatic hydroxyl groups is 1. The van der Waals surface area contributed by atoms with E-state index in [-0.39, 0.29) is 5.54 Å². The Kier molecular flexibility index (Phi) is 4.20. The van der Waals surface area contributed by atoms with Crippen LogP contribution < -0.4 is 5.32 Å². The SMILES string of the molecule is CN(C)C1(CNCC(O)C(F)(F)F)CCC1. The monoisotopic (exact) mass is 240 g/mol. The van der Waals surface area contributed by atoms with Gasteiger partial charge < -0.3 is 15.3 Å². The quantitative estimate of drug-likeness (QED) is 0.752. The van der Waals surface area contributed by atoms with Crippen LogP contribution >= 0.6 is 0 Å². The van der Waals surface area contributed by atoms with Crippen molar-refractivity contribution in [3.8, 4) is 0 Å². The smallest absolute Gasteiger partial charge is 0.382 e. The maximum absolute atomic E-state index is 12.0. The van der Waals surface area contributed by atoms with Crippen LogP contribution in [0.4, 0.5) is 13.2 Å². The molecular formula is C10H19F3N2O. The summed E-state index contributed by atoms with van der Waals surface area (Å²) in [4.78, 5) is 2.05. The average molecular weight is 240 g/mol. The lowest BCUT2D eigenvalue weighted by molar-refractivity contribution is -0.202. The third kappa shape index (κ3) is 3.09. The van der Waals surface area contributed by atoms with E-state index in [1.807, 2.05) is 19.0 Å². The van der Waals surface area contributed by atoms with Gasteiger partial charge in [0.15, 0.2) is 6.10 Å². The molecule has 1 rings (SSSR count). The van der Waals surface area contributed by atoms with Gasteiger partial charge >= 0.3 is 6.18 Å². The van der Waals surface area contributed by atoms with Gasteiger partial charge in [0.1, 0.15) is 0 Å². The molecule has 1 aliphatic carbocycles. The highest BCUT2D eigenvalue weighted by Gasteiger charge is 2.41. The minimum atomic E-state index is -4.53. The Labute approximate surface area is 93.6 Å². The number of alkyl halides is 3. The molecule has 2 N–H and O–H groups in total. The first-order valence-electron chi connectivity index (χ1n) is 5.41. The summed E-state index contributed by atoms with van der Waals surface area (Å²) in [6, 6.07) is 0. The summed E-state index contributed by atoms with van der Waals surface area (Å²) in [6.45, 7) is 0.0617. The second-order valence-electron chi connectivity index (χ2n) is 4.66. The number of halogens is 3. The van der Waals surface area contributed by atoms with E-state index < -0.39 is 18.8 Å². The summed E-state index contributed by atoms with van der Waals surface area (Å²) in [6.07, 6.45) is -3.70. The van der Waals surface area contributed by atoms with Crippen molar-refractivity contribution >= 4 is 0 Å². The van der Waals surface area contributed by atoms with Crippen molar-refractivity contribution in [2.24, 2.45) is 0 Å². The molecule has 0 saturated heterocycles. The Balaban J connectivity index is 2.30. The van der Waals surface area contributed by atoms with Gasteiger partial charge in [-0.15, -0.1) is 0 Å². The van der Waals surface area contributed by atoms with E-state index in [0.29, 0.717) is 6.54 Å². The minimum absolute atomic E-state index is 0.0225. The molecule has 1 saturated carbocycles. The zero-order valence-electron chi connectivity index (χ0n) is 9.64.